The quantitative estimate of drug-likeness (QED) is 0.567. The van der Waals surface area contributed by atoms with Crippen molar-refractivity contribution in [1.29, 1.82) is 0 Å². The number of aromatic nitrogens is 2. The van der Waals surface area contributed by atoms with E-state index in [1.54, 1.807) is 24.3 Å². The number of hydrogen-bond acceptors (Lipinski definition) is 6. The van der Waals surface area contributed by atoms with E-state index in [4.69, 9.17) is 0 Å². The molecular formula is C21H23N5O5S. The van der Waals surface area contributed by atoms with Gasteiger partial charge in [0, 0.05) is 31.9 Å². The summed E-state index contributed by atoms with van der Waals surface area (Å²) in [5.41, 5.74) is -0.487. The van der Waals surface area contributed by atoms with Gasteiger partial charge in [-0.25, -0.2) is 13.2 Å². The number of sulfonamides is 1. The van der Waals surface area contributed by atoms with Crippen molar-refractivity contribution >= 4 is 32.5 Å². The second-order valence-corrected chi connectivity index (χ2v) is 9.58. The third-order valence-electron chi connectivity index (χ3n) is 5.43. The summed E-state index contributed by atoms with van der Waals surface area (Å²) in [7, 11) is -1.66. The molecule has 0 radical (unpaired) electrons. The molecule has 4 rings (SSSR count). The summed E-state index contributed by atoms with van der Waals surface area (Å²) in [6.45, 7) is 1.71. The SMILES string of the molecule is CN1CCN(S(=O)(=O)c2ccc(NC(=O)Cn3c(=O)[nH]c4ccccc4c3=O)cc2)CC1. The minimum Gasteiger partial charge on any atom is -0.325 e. The number of benzene rings is 2. The lowest BCUT2D eigenvalue weighted by Crippen LogP contribution is -2.46. The van der Waals surface area contributed by atoms with Gasteiger partial charge in [-0.2, -0.15) is 4.31 Å². The summed E-state index contributed by atoms with van der Waals surface area (Å²) >= 11 is 0. The van der Waals surface area contributed by atoms with E-state index in [1.165, 1.54) is 28.6 Å². The summed E-state index contributed by atoms with van der Waals surface area (Å²) in [4.78, 5) is 42.0. The van der Waals surface area contributed by atoms with E-state index in [-0.39, 0.29) is 4.90 Å². The highest BCUT2D eigenvalue weighted by atomic mass is 32.2. The standard InChI is InChI=1S/C21H23N5O5S/c1-24-10-12-25(13-11-24)32(30,31)16-8-6-15(7-9-16)22-19(27)14-26-20(28)17-4-2-3-5-18(17)23-21(26)29/h2-9H,10-14H2,1H3,(H,22,27)(H,23,29). The lowest BCUT2D eigenvalue weighted by Gasteiger charge is -2.31. The summed E-state index contributed by atoms with van der Waals surface area (Å²) in [6.07, 6.45) is 0. The Morgan fingerprint density at radius 2 is 1.66 bits per heavy atom. The molecule has 1 aliphatic rings. The average molecular weight is 458 g/mol. The van der Waals surface area contributed by atoms with Crippen molar-refractivity contribution < 1.29 is 13.2 Å². The Bertz CT molecular complexity index is 1370. The predicted octanol–water partition coefficient (Wildman–Crippen LogP) is 0.265. The second-order valence-electron chi connectivity index (χ2n) is 7.65. The molecule has 2 heterocycles. The predicted molar refractivity (Wildman–Crippen MR) is 120 cm³/mol. The van der Waals surface area contributed by atoms with Crippen molar-refractivity contribution in [1.82, 2.24) is 18.8 Å². The Balaban J connectivity index is 1.47. The van der Waals surface area contributed by atoms with Crippen molar-refractivity contribution in [2.45, 2.75) is 11.4 Å². The van der Waals surface area contributed by atoms with Crippen LogP contribution >= 0.6 is 0 Å². The smallest absolute Gasteiger partial charge is 0.325 e. The van der Waals surface area contributed by atoms with Crippen LogP contribution in [-0.2, 0) is 21.4 Å². The topological polar surface area (TPSA) is 125 Å². The number of H-pyrrole nitrogens is 1. The number of carbonyl (C=O) groups is 1. The third kappa shape index (κ3) is 4.35. The molecule has 168 valence electrons. The Morgan fingerprint density at radius 1 is 1.00 bits per heavy atom. The maximum Gasteiger partial charge on any atom is 0.329 e. The summed E-state index contributed by atoms with van der Waals surface area (Å²) in [5, 5.41) is 2.89. The van der Waals surface area contributed by atoms with Crippen molar-refractivity contribution in [2.24, 2.45) is 0 Å². The van der Waals surface area contributed by atoms with E-state index < -0.39 is 33.7 Å². The molecule has 2 aromatic carbocycles. The summed E-state index contributed by atoms with van der Waals surface area (Å²) in [6, 6.07) is 12.4. The molecular weight excluding hydrogens is 434 g/mol. The van der Waals surface area contributed by atoms with Gasteiger partial charge in [-0.05, 0) is 43.4 Å². The first kappa shape index (κ1) is 21.9. The molecule has 1 amide bonds. The number of nitrogens with one attached hydrogen (secondary N) is 2. The summed E-state index contributed by atoms with van der Waals surface area (Å²) < 4.78 is 27.9. The number of anilines is 1. The number of para-hydroxylation sites is 1. The number of likely N-dealkylation sites (N-methyl/N-ethyl adjacent to an activating group) is 1. The van der Waals surface area contributed by atoms with Gasteiger partial charge in [-0.15, -0.1) is 0 Å². The van der Waals surface area contributed by atoms with E-state index in [1.807, 2.05) is 7.05 Å². The van der Waals surface area contributed by atoms with Crippen LogP contribution in [0.5, 0.6) is 0 Å². The van der Waals surface area contributed by atoms with Crippen LogP contribution in [0, 0.1) is 0 Å². The Kier molecular flexibility index (Phi) is 5.96. The number of amides is 1. The maximum atomic E-state index is 12.8. The van der Waals surface area contributed by atoms with Gasteiger partial charge in [-0.1, -0.05) is 12.1 Å². The van der Waals surface area contributed by atoms with Crippen molar-refractivity contribution in [2.75, 3.05) is 38.5 Å². The normalized spacial score (nSPS) is 15.7. The number of nitrogens with zero attached hydrogens (tertiary/aromatic N) is 3. The first-order valence-electron chi connectivity index (χ1n) is 10.1. The van der Waals surface area contributed by atoms with Crippen LogP contribution in [0.15, 0.2) is 63.0 Å². The van der Waals surface area contributed by atoms with Gasteiger partial charge in [0.25, 0.3) is 5.56 Å². The zero-order valence-electron chi connectivity index (χ0n) is 17.4. The lowest BCUT2D eigenvalue weighted by molar-refractivity contribution is -0.116. The molecule has 1 saturated heterocycles. The fourth-order valence-corrected chi connectivity index (χ4v) is 5.00. The van der Waals surface area contributed by atoms with Crippen LogP contribution in [0.3, 0.4) is 0 Å². The molecule has 3 aromatic rings. The molecule has 1 aliphatic heterocycles. The van der Waals surface area contributed by atoms with Crippen LogP contribution in [-0.4, -0.2) is 66.3 Å². The van der Waals surface area contributed by atoms with Crippen LogP contribution in [0.25, 0.3) is 10.9 Å². The highest BCUT2D eigenvalue weighted by molar-refractivity contribution is 7.89. The molecule has 1 aromatic heterocycles. The van der Waals surface area contributed by atoms with E-state index in [0.717, 1.165) is 4.57 Å². The fraction of sp³-hybridized carbons (Fsp3) is 0.286. The first-order chi connectivity index (χ1) is 15.3. The number of piperazine rings is 1. The first-order valence-corrected chi connectivity index (χ1v) is 11.5. The number of rotatable bonds is 5. The highest BCUT2D eigenvalue weighted by Gasteiger charge is 2.27. The minimum atomic E-state index is -3.61. The molecule has 32 heavy (non-hydrogen) atoms. The van der Waals surface area contributed by atoms with Crippen molar-refractivity contribution in [3.8, 4) is 0 Å². The number of hydrogen-bond donors (Lipinski definition) is 2. The van der Waals surface area contributed by atoms with Crippen LogP contribution in [0.4, 0.5) is 5.69 Å². The van der Waals surface area contributed by atoms with Crippen molar-refractivity contribution in [3.05, 3.63) is 69.4 Å². The second kappa shape index (κ2) is 8.69. The van der Waals surface area contributed by atoms with Crippen LogP contribution in [0.2, 0.25) is 0 Å². The molecule has 0 atom stereocenters. The molecule has 10 nitrogen and oxygen atoms in total. The zero-order valence-corrected chi connectivity index (χ0v) is 18.3. The third-order valence-corrected chi connectivity index (χ3v) is 7.34. The van der Waals surface area contributed by atoms with E-state index >= 15 is 0 Å². The van der Waals surface area contributed by atoms with Crippen molar-refractivity contribution in [3.63, 3.8) is 0 Å². The zero-order chi connectivity index (χ0) is 22.9. The fourth-order valence-electron chi connectivity index (χ4n) is 3.57. The monoisotopic (exact) mass is 457 g/mol. The van der Waals surface area contributed by atoms with Gasteiger partial charge in [0.2, 0.25) is 15.9 Å². The van der Waals surface area contributed by atoms with E-state index in [2.05, 4.69) is 15.2 Å². The van der Waals surface area contributed by atoms with Gasteiger partial charge < -0.3 is 15.2 Å². The largest absolute Gasteiger partial charge is 0.329 e. The number of carbonyl (C=O) groups excluding carboxylic acids is 1. The minimum absolute atomic E-state index is 0.141. The van der Waals surface area contributed by atoms with Gasteiger partial charge in [0.15, 0.2) is 0 Å². The van der Waals surface area contributed by atoms with E-state index in [9.17, 15) is 22.8 Å². The number of fused-ring (bicyclic) bond motifs is 1. The molecule has 0 bridgehead atoms. The highest BCUT2D eigenvalue weighted by Crippen LogP contribution is 2.19. The molecule has 1 fully saturated rings. The molecule has 0 aliphatic carbocycles. The van der Waals surface area contributed by atoms with Gasteiger partial charge in [0.05, 0.1) is 15.8 Å². The Labute approximate surface area is 184 Å². The maximum absolute atomic E-state index is 12.8. The molecule has 0 unspecified atom stereocenters. The lowest BCUT2D eigenvalue weighted by atomic mass is 10.2. The average Bonchev–Trinajstić information content (AvgIpc) is 2.77. The van der Waals surface area contributed by atoms with E-state index in [0.29, 0.717) is 42.8 Å². The molecule has 0 saturated carbocycles. The molecule has 2 N–H and O–H groups in total. The van der Waals surface area contributed by atoms with Crippen LogP contribution < -0.4 is 16.6 Å². The van der Waals surface area contributed by atoms with Gasteiger partial charge in [-0.3, -0.25) is 14.2 Å². The Morgan fingerprint density at radius 3 is 2.34 bits per heavy atom. The Hall–Kier alpha value is -3.28. The van der Waals surface area contributed by atoms with Gasteiger partial charge >= 0.3 is 5.69 Å². The van der Waals surface area contributed by atoms with Crippen LogP contribution in [0.1, 0.15) is 0 Å². The molecule has 11 heteroatoms. The van der Waals surface area contributed by atoms with Gasteiger partial charge in [0.1, 0.15) is 6.54 Å². The summed E-state index contributed by atoms with van der Waals surface area (Å²) in [5.74, 6) is -0.581. The molecule has 0 spiro atoms. The number of aromatic amines is 1.